The van der Waals surface area contributed by atoms with E-state index in [2.05, 4.69) is 10.3 Å². The highest BCUT2D eigenvalue weighted by molar-refractivity contribution is 7.09. The Bertz CT molecular complexity index is 802. The average molecular weight is 416 g/mol. The lowest BCUT2D eigenvalue weighted by atomic mass is 10.3. The molecule has 1 N–H and O–H groups in total. The topological polar surface area (TPSA) is 80.8 Å². The maximum atomic E-state index is 13.3. The molecule has 2 rings (SSSR count). The molecule has 146 valence electrons. The SMILES string of the molecule is CCOC(=O)c1csc(CN(CCOC)C(=O)Nc2ccc(F)c(Cl)c2)n1. The summed E-state index contributed by atoms with van der Waals surface area (Å²) in [4.78, 5) is 30.0. The number of esters is 1. The standard InChI is InChI=1S/C17H19ClFN3O4S/c1-3-26-16(23)14-10-27-15(21-14)9-22(6-7-25-2)17(24)20-11-4-5-13(19)12(18)8-11/h4-5,8,10H,3,6-7,9H2,1-2H3,(H,20,24). The van der Waals surface area contributed by atoms with Crippen molar-refractivity contribution in [3.8, 4) is 0 Å². The normalized spacial score (nSPS) is 10.5. The minimum absolute atomic E-state index is 0.0877. The van der Waals surface area contributed by atoms with Crippen LogP contribution in [0, 0.1) is 5.82 Å². The van der Waals surface area contributed by atoms with Crippen molar-refractivity contribution in [3.63, 3.8) is 0 Å². The van der Waals surface area contributed by atoms with Gasteiger partial charge in [-0.2, -0.15) is 0 Å². The number of carbonyl (C=O) groups excluding carboxylic acids is 2. The Kier molecular flexibility index (Phi) is 7.96. The highest BCUT2D eigenvalue weighted by Crippen LogP contribution is 2.20. The quantitative estimate of drug-likeness (QED) is 0.663. The van der Waals surface area contributed by atoms with E-state index in [9.17, 15) is 14.0 Å². The van der Waals surface area contributed by atoms with Crippen LogP contribution < -0.4 is 5.32 Å². The number of thiazole rings is 1. The van der Waals surface area contributed by atoms with Gasteiger partial charge in [-0.05, 0) is 25.1 Å². The molecule has 2 amide bonds. The minimum atomic E-state index is -0.569. The molecule has 1 heterocycles. The van der Waals surface area contributed by atoms with Gasteiger partial charge >= 0.3 is 12.0 Å². The van der Waals surface area contributed by atoms with Crippen LogP contribution >= 0.6 is 22.9 Å². The van der Waals surface area contributed by atoms with E-state index in [-0.39, 0.29) is 23.9 Å². The number of rotatable bonds is 8. The van der Waals surface area contributed by atoms with Gasteiger partial charge in [0, 0.05) is 24.7 Å². The second-order valence-corrected chi connectivity index (χ2v) is 6.67. The third-order valence-corrected chi connectivity index (χ3v) is 4.51. The molecule has 2 aromatic rings. The summed E-state index contributed by atoms with van der Waals surface area (Å²) in [5.74, 6) is -1.07. The number of hydrogen-bond donors (Lipinski definition) is 1. The van der Waals surface area contributed by atoms with E-state index in [4.69, 9.17) is 21.1 Å². The van der Waals surface area contributed by atoms with E-state index in [0.717, 1.165) is 0 Å². The molecule has 0 unspecified atom stereocenters. The number of benzene rings is 1. The van der Waals surface area contributed by atoms with Gasteiger partial charge in [0.1, 0.15) is 10.8 Å². The van der Waals surface area contributed by atoms with Crippen molar-refractivity contribution in [2.75, 3.05) is 32.2 Å². The number of ether oxygens (including phenoxy) is 2. The maximum absolute atomic E-state index is 13.3. The molecule has 0 bridgehead atoms. The second kappa shape index (κ2) is 10.2. The largest absolute Gasteiger partial charge is 0.461 e. The van der Waals surface area contributed by atoms with Crippen LogP contribution in [0.3, 0.4) is 0 Å². The van der Waals surface area contributed by atoms with Crippen molar-refractivity contribution in [2.24, 2.45) is 0 Å². The zero-order valence-corrected chi connectivity index (χ0v) is 16.4. The first-order valence-corrected chi connectivity index (χ1v) is 9.31. The van der Waals surface area contributed by atoms with Crippen molar-refractivity contribution in [3.05, 3.63) is 45.1 Å². The number of hydrogen-bond acceptors (Lipinski definition) is 6. The first kappa shape index (κ1) is 21.1. The molecule has 0 spiro atoms. The summed E-state index contributed by atoms with van der Waals surface area (Å²) in [7, 11) is 1.53. The van der Waals surface area contributed by atoms with Gasteiger partial charge in [-0.3, -0.25) is 0 Å². The van der Waals surface area contributed by atoms with Gasteiger partial charge in [0.25, 0.3) is 0 Å². The first-order chi connectivity index (χ1) is 12.9. The molecular weight excluding hydrogens is 397 g/mol. The van der Waals surface area contributed by atoms with Gasteiger partial charge in [-0.15, -0.1) is 11.3 Å². The highest BCUT2D eigenvalue weighted by atomic mass is 35.5. The van der Waals surface area contributed by atoms with Crippen molar-refractivity contribution >= 4 is 40.6 Å². The number of aromatic nitrogens is 1. The molecule has 1 aromatic carbocycles. The van der Waals surface area contributed by atoms with Crippen LogP contribution in [0.25, 0.3) is 0 Å². The molecule has 0 fully saturated rings. The number of methoxy groups -OCH3 is 1. The smallest absolute Gasteiger partial charge is 0.357 e. The fourth-order valence-electron chi connectivity index (χ4n) is 2.08. The maximum Gasteiger partial charge on any atom is 0.357 e. The number of urea groups is 1. The van der Waals surface area contributed by atoms with Crippen LogP contribution in [0.2, 0.25) is 5.02 Å². The van der Waals surface area contributed by atoms with Gasteiger partial charge in [-0.25, -0.2) is 19.0 Å². The molecule has 27 heavy (non-hydrogen) atoms. The Balaban J connectivity index is 2.08. The zero-order chi connectivity index (χ0) is 19.8. The molecular formula is C17H19ClFN3O4S. The number of amides is 2. The minimum Gasteiger partial charge on any atom is -0.461 e. The summed E-state index contributed by atoms with van der Waals surface area (Å²) < 4.78 is 23.2. The molecule has 0 atom stereocenters. The monoisotopic (exact) mass is 415 g/mol. The van der Waals surface area contributed by atoms with Crippen molar-refractivity contribution in [1.29, 1.82) is 0 Å². The van der Waals surface area contributed by atoms with E-state index in [0.29, 0.717) is 23.8 Å². The summed E-state index contributed by atoms with van der Waals surface area (Å²) in [6, 6.07) is 3.48. The van der Waals surface area contributed by atoms with Gasteiger partial charge < -0.3 is 19.7 Å². The van der Waals surface area contributed by atoms with Crippen LogP contribution in [0.1, 0.15) is 22.4 Å². The number of carbonyl (C=O) groups is 2. The van der Waals surface area contributed by atoms with E-state index >= 15 is 0 Å². The predicted octanol–water partition coefficient (Wildman–Crippen LogP) is 3.79. The third kappa shape index (κ3) is 6.16. The Morgan fingerprint density at radius 2 is 2.19 bits per heavy atom. The average Bonchev–Trinajstić information content (AvgIpc) is 3.10. The molecule has 0 aliphatic heterocycles. The van der Waals surface area contributed by atoms with Gasteiger partial charge in [-0.1, -0.05) is 11.6 Å². The van der Waals surface area contributed by atoms with E-state index < -0.39 is 17.8 Å². The van der Waals surface area contributed by atoms with E-state index in [1.165, 1.54) is 41.5 Å². The Labute approximate surface area is 165 Å². The number of nitrogens with one attached hydrogen (secondary N) is 1. The zero-order valence-electron chi connectivity index (χ0n) is 14.8. The highest BCUT2D eigenvalue weighted by Gasteiger charge is 2.18. The van der Waals surface area contributed by atoms with E-state index in [1.807, 2.05) is 0 Å². The lowest BCUT2D eigenvalue weighted by Gasteiger charge is -2.22. The van der Waals surface area contributed by atoms with E-state index in [1.54, 1.807) is 12.3 Å². The Morgan fingerprint density at radius 1 is 1.41 bits per heavy atom. The van der Waals surface area contributed by atoms with Crippen molar-refractivity contribution in [2.45, 2.75) is 13.5 Å². The van der Waals surface area contributed by atoms with Crippen LogP contribution in [0.4, 0.5) is 14.9 Å². The Morgan fingerprint density at radius 3 is 2.85 bits per heavy atom. The predicted molar refractivity (Wildman–Crippen MR) is 101 cm³/mol. The lowest BCUT2D eigenvalue weighted by Crippen LogP contribution is -2.36. The Hall–Kier alpha value is -2.23. The fraction of sp³-hybridized carbons (Fsp3) is 0.353. The molecule has 0 saturated carbocycles. The summed E-state index contributed by atoms with van der Waals surface area (Å²) in [6.45, 7) is 2.76. The fourth-order valence-corrected chi connectivity index (χ4v) is 3.03. The number of anilines is 1. The molecule has 1 aromatic heterocycles. The molecule has 0 aliphatic rings. The third-order valence-electron chi connectivity index (χ3n) is 3.39. The summed E-state index contributed by atoms with van der Waals surface area (Å²) in [5.41, 5.74) is 0.564. The van der Waals surface area contributed by atoms with Crippen LogP contribution in [-0.2, 0) is 16.0 Å². The summed E-state index contributed by atoms with van der Waals surface area (Å²) in [5, 5.41) is 4.72. The molecule has 0 radical (unpaired) electrons. The second-order valence-electron chi connectivity index (χ2n) is 5.32. The van der Waals surface area contributed by atoms with Gasteiger partial charge in [0.05, 0.1) is 24.8 Å². The number of nitrogens with zero attached hydrogens (tertiary/aromatic N) is 2. The van der Waals surface area contributed by atoms with Crippen molar-refractivity contribution < 1.29 is 23.5 Å². The molecule has 0 aliphatic carbocycles. The van der Waals surface area contributed by atoms with Gasteiger partial charge in [0.2, 0.25) is 0 Å². The van der Waals surface area contributed by atoms with Gasteiger partial charge in [0.15, 0.2) is 5.69 Å². The lowest BCUT2D eigenvalue weighted by molar-refractivity contribution is 0.0520. The molecule has 0 saturated heterocycles. The van der Waals surface area contributed by atoms with Crippen molar-refractivity contribution in [1.82, 2.24) is 9.88 Å². The van der Waals surface area contributed by atoms with Crippen LogP contribution in [0.5, 0.6) is 0 Å². The molecule has 7 nitrogen and oxygen atoms in total. The van der Waals surface area contributed by atoms with Crippen LogP contribution in [-0.4, -0.2) is 48.8 Å². The number of halogens is 2. The summed E-state index contributed by atoms with van der Waals surface area (Å²) in [6.07, 6.45) is 0. The molecule has 10 heteroatoms. The first-order valence-electron chi connectivity index (χ1n) is 8.06. The summed E-state index contributed by atoms with van der Waals surface area (Å²) >= 11 is 6.98. The van der Waals surface area contributed by atoms with Crippen LogP contribution in [0.15, 0.2) is 23.6 Å².